The number of carbonyl (C=O) groups is 1. The van der Waals surface area contributed by atoms with Gasteiger partial charge in [-0.05, 0) is 116 Å². The molecule has 4 aromatic carbocycles. The molecule has 1 saturated carbocycles. The highest BCUT2D eigenvalue weighted by Gasteiger charge is 2.29. The van der Waals surface area contributed by atoms with E-state index < -0.39 is 6.17 Å². The molecule has 1 aliphatic heterocycles. The van der Waals surface area contributed by atoms with Gasteiger partial charge in [-0.2, -0.15) is 5.26 Å². The Morgan fingerprint density at radius 3 is 2.60 bits per heavy atom. The first-order chi connectivity index (χ1) is 27.8. The van der Waals surface area contributed by atoms with Gasteiger partial charge in [-0.15, -0.1) is 0 Å². The van der Waals surface area contributed by atoms with E-state index in [1.807, 2.05) is 18.2 Å². The van der Waals surface area contributed by atoms with Crippen LogP contribution < -0.4 is 19.5 Å². The number of hydrogen-bond donors (Lipinski definition) is 1. The first-order valence-corrected chi connectivity index (χ1v) is 20.7. The maximum Gasteiger partial charge on any atom is 0.188 e. The van der Waals surface area contributed by atoms with Crippen LogP contribution in [-0.4, -0.2) is 49.1 Å². The molecule has 7 rings (SSSR count). The smallest absolute Gasteiger partial charge is 0.188 e. The summed E-state index contributed by atoms with van der Waals surface area (Å²) >= 11 is 6.97. The number of nitrogens with zero attached hydrogens (tertiary/aromatic N) is 3. The third-order valence-electron chi connectivity index (χ3n) is 11.5. The number of nitrogens with one attached hydrogen (secondary N) is 1. The predicted octanol–water partition coefficient (Wildman–Crippen LogP) is 10.6. The van der Waals surface area contributed by atoms with E-state index in [0.29, 0.717) is 65.8 Å². The number of Topliss-reactive ketones (excluding diaryl/α,β-unsaturated/α-hetero) is 1. The zero-order valence-electron chi connectivity index (χ0n) is 32.6. The highest BCUT2D eigenvalue weighted by molar-refractivity contribution is 6.32. The second kappa shape index (κ2) is 19.0. The average molecular weight is 789 g/mol. The lowest BCUT2D eigenvalue weighted by Crippen LogP contribution is -2.35. The highest BCUT2D eigenvalue weighted by atomic mass is 35.5. The molecule has 57 heavy (non-hydrogen) atoms. The van der Waals surface area contributed by atoms with E-state index in [2.05, 4.69) is 58.4 Å². The minimum Gasteiger partial charge on any atom is -0.493 e. The lowest BCUT2D eigenvalue weighted by molar-refractivity contribution is -0.121. The summed E-state index contributed by atoms with van der Waals surface area (Å²) in [5.74, 6) is 2.16. The Morgan fingerprint density at radius 2 is 1.77 bits per heavy atom. The van der Waals surface area contributed by atoms with Crippen molar-refractivity contribution < 1.29 is 23.4 Å². The number of alkyl halides is 1. The van der Waals surface area contributed by atoms with E-state index in [4.69, 9.17) is 32.4 Å². The molecule has 1 N–H and O–H groups in total. The first kappa shape index (κ1) is 40.3. The predicted molar refractivity (Wildman–Crippen MR) is 221 cm³/mol. The zero-order chi connectivity index (χ0) is 39.7. The van der Waals surface area contributed by atoms with Crippen molar-refractivity contribution in [2.24, 2.45) is 0 Å². The van der Waals surface area contributed by atoms with Crippen molar-refractivity contribution in [2.75, 3.05) is 26.2 Å². The number of carbonyl (C=O) groups excluding carboxylic acids is 1. The van der Waals surface area contributed by atoms with Gasteiger partial charge in [0, 0.05) is 49.8 Å². The largest absolute Gasteiger partial charge is 0.493 e. The van der Waals surface area contributed by atoms with Crippen LogP contribution in [0.4, 0.5) is 10.1 Å². The summed E-state index contributed by atoms with van der Waals surface area (Å²) in [6, 6.07) is 23.2. The van der Waals surface area contributed by atoms with E-state index in [1.54, 1.807) is 18.2 Å². The fraction of sp³-hybridized carbons (Fsp3) is 0.426. The second-order valence-corrected chi connectivity index (χ2v) is 15.9. The van der Waals surface area contributed by atoms with E-state index in [1.165, 1.54) is 11.1 Å². The number of ether oxygens (including phenoxy) is 3. The highest BCUT2D eigenvalue weighted by Crippen LogP contribution is 2.44. The summed E-state index contributed by atoms with van der Waals surface area (Å²) in [7, 11) is 0. The first-order valence-electron chi connectivity index (χ1n) is 20.3. The normalized spacial score (nSPS) is 18.6. The quantitative estimate of drug-likeness (QED) is 0.0773. The van der Waals surface area contributed by atoms with Crippen molar-refractivity contribution in [2.45, 2.75) is 103 Å². The van der Waals surface area contributed by atoms with Gasteiger partial charge in [-0.3, -0.25) is 4.79 Å². The summed E-state index contributed by atoms with van der Waals surface area (Å²) in [4.78, 5) is 18.7. The van der Waals surface area contributed by atoms with Crippen molar-refractivity contribution in [3.05, 3.63) is 117 Å². The molecule has 0 bridgehead atoms. The summed E-state index contributed by atoms with van der Waals surface area (Å²) < 4.78 is 33.0. The van der Waals surface area contributed by atoms with E-state index >= 15 is 0 Å². The van der Waals surface area contributed by atoms with Crippen LogP contribution in [0.15, 0.2) is 66.7 Å². The van der Waals surface area contributed by atoms with Crippen LogP contribution in [0.5, 0.6) is 17.2 Å². The molecule has 0 radical (unpaired) electrons. The number of halogens is 2. The fourth-order valence-corrected chi connectivity index (χ4v) is 8.63. The Hall–Kier alpha value is -4.93. The minimum atomic E-state index is -0.660. The second-order valence-electron chi connectivity index (χ2n) is 15.5. The van der Waals surface area contributed by atoms with Crippen LogP contribution in [0.2, 0.25) is 5.02 Å². The van der Waals surface area contributed by atoms with Crippen LogP contribution in [0, 0.1) is 24.8 Å². The number of hydrogen-bond acceptors (Lipinski definition) is 7. The van der Waals surface area contributed by atoms with Crippen molar-refractivity contribution in [3.63, 3.8) is 0 Å². The van der Waals surface area contributed by atoms with Crippen molar-refractivity contribution >= 4 is 23.1 Å². The van der Waals surface area contributed by atoms with E-state index in [9.17, 15) is 14.4 Å². The Morgan fingerprint density at radius 1 is 0.947 bits per heavy atom. The molecule has 2 atom stereocenters. The van der Waals surface area contributed by atoms with Gasteiger partial charge in [-0.25, -0.2) is 9.24 Å². The van der Waals surface area contributed by atoms with Gasteiger partial charge in [0.25, 0.3) is 0 Å². The molecule has 0 spiro atoms. The van der Waals surface area contributed by atoms with Crippen molar-refractivity contribution in [1.29, 1.82) is 5.26 Å². The molecular formula is C47H50ClFN4O4. The molecule has 0 unspecified atom stereocenters. The fourth-order valence-electron chi connectivity index (χ4n) is 8.40. The Labute approximate surface area is 340 Å². The van der Waals surface area contributed by atoms with Crippen LogP contribution in [-0.2, 0) is 24.4 Å². The van der Waals surface area contributed by atoms with Crippen LogP contribution in [0.1, 0.15) is 97.3 Å². The van der Waals surface area contributed by atoms with Crippen LogP contribution in [0.25, 0.3) is 16.0 Å². The topological polar surface area (TPSA) is 88.2 Å². The number of rotatable bonds is 14. The molecule has 1 heterocycles. The van der Waals surface area contributed by atoms with Gasteiger partial charge in [0.15, 0.2) is 5.69 Å². The minimum absolute atomic E-state index is 0.130. The van der Waals surface area contributed by atoms with Crippen molar-refractivity contribution in [1.82, 2.24) is 10.2 Å². The standard InChI is InChI=1S/C47H50ClFN4O4/c1-31-37(9-7-14-44(31)55-22-8-19-53-20-17-35(49)18-21-53)38-10-6-11-40-39(38)15-16-45(40)57-47-27-46(56-30-33-23-32(28-50)24-36(25-33)51-2)34(26-41(47)48)29-52-42-12-4-3-5-13-43(42)54/h6-7,9-11,14,23-27,35,42,45,52H,3-5,8,12-13,15-22,29-30H2,1H3/t42-,45-/m0/s1. The van der Waals surface area contributed by atoms with Crippen LogP contribution >= 0.6 is 11.6 Å². The number of likely N-dealkylation sites (tertiary alicyclic amines) is 1. The average Bonchev–Trinajstić information content (AvgIpc) is 3.52. The van der Waals surface area contributed by atoms with Crippen LogP contribution in [0.3, 0.4) is 0 Å². The van der Waals surface area contributed by atoms with Gasteiger partial charge in [0.1, 0.15) is 41.9 Å². The molecule has 8 nitrogen and oxygen atoms in total. The molecule has 1 saturated heterocycles. The molecule has 296 valence electrons. The SMILES string of the molecule is [C-]#[N+]c1cc(C#N)cc(COc2cc(O[C@H]3CCc4c(-c5cccc(OCCCN6CCC(F)CC6)c5C)cccc43)c(Cl)cc2CN[C@H]2CCCCCC2=O)c1. The number of ketones is 1. The number of benzene rings is 4. The lowest BCUT2D eigenvalue weighted by Gasteiger charge is -2.28. The van der Waals surface area contributed by atoms with E-state index in [-0.39, 0.29) is 24.5 Å². The lowest BCUT2D eigenvalue weighted by atomic mass is 9.93. The molecule has 2 fully saturated rings. The third-order valence-corrected chi connectivity index (χ3v) is 11.8. The summed E-state index contributed by atoms with van der Waals surface area (Å²) in [6.07, 6.45) is 7.24. The van der Waals surface area contributed by atoms with E-state index in [0.717, 1.165) is 92.6 Å². The molecule has 2 aliphatic carbocycles. The Balaban J connectivity index is 1.08. The Kier molecular flexibility index (Phi) is 13.4. The van der Waals surface area contributed by atoms with Gasteiger partial charge in [-0.1, -0.05) is 54.8 Å². The molecule has 0 aromatic heterocycles. The van der Waals surface area contributed by atoms with Crippen molar-refractivity contribution in [3.8, 4) is 34.4 Å². The summed E-state index contributed by atoms with van der Waals surface area (Å²) in [6.45, 7) is 13.3. The van der Waals surface area contributed by atoms with Gasteiger partial charge < -0.3 is 24.4 Å². The number of nitriles is 1. The van der Waals surface area contributed by atoms with Gasteiger partial charge in [0.2, 0.25) is 0 Å². The monoisotopic (exact) mass is 788 g/mol. The number of fused-ring (bicyclic) bond motifs is 1. The maximum atomic E-state index is 13.5. The van der Waals surface area contributed by atoms with Gasteiger partial charge >= 0.3 is 0 Å². The Bertz CT molecular complexity index is 2120. The number of piperidine rings is 1. The molecular weight excluding hydrogens is 739 g/mol. The zero-order valence-corrected chi connectivity index (χ0v) is 33.4. The molecule has 0 amide bonds. The molecule has 10 heteroatoms. The summed E-state index contributed by atoms with van der Waals surface area (Å²) in [5.41, 5.74) is 8.02. The maximum absolute atomic E-state index is 13.5. The summed E-state index contributed by atoms with van der Waals surface area (Å²) in [5, 5.41) is 13.4. The van der Waals surface area contributed by atoms with Gasteiger partial charge in [0.05, 0.1) is 30.3 Å². The molecule has 4 aromatic rings. The third kappa shape index (κ3) is 9.97. The molecule has 3 aliphatic rings.